The van der Waals surface area contributed by atoms with Crippen molar-refractivity contribution in [1.82, 2.24) is 0 Å². The van der Waals surface area contributed by atoms with Crippen LogP contribution in [0.5, 0.6) is 0 Å². The summed E-state index contributed by atoms with van der Waals surface area (Å²) < 4.78 is 0. The lowest BCUT2D eigenvalue weighted by Gasteiger charge is -2.25. The van der Waals surface area contributed by atoms with Crippen LogP contribution in [0.4, 0.5) is 0 Å². The normalized spacial score (nSPS) is 22.0. The fourth-order valence-electron chi connectivity index (χ4n) is 3.45. The topological polar surface area (TPSA) is 0 Å². The Bertz CT molecular complexity index is 584. The van der Waals surface area contributed by atoms with Gasteiger partial charge in [-0.1, -0.05) is 80.1 Å². The van der Waals surface area contributed by atoms with Crippen molar-refractivity contribution in [2.75, 3.05) is 0 Å². The first-order valence-corrected chi connectivity index (χ1v) is 8.69. The molecule has 1 aliphatic rings. The van der Waals surface area contributed by atoms with Crippen molar-refractivity contribution in [3.63, 3.8) is 0 Å². The van der Waals surface area contributed by atoms with Crippen molar-refractivity contribution >= 4 is 6.08 Å². The smallest absolute Gasteiger partial charge is 0.0184 e. The van der Waals surface area contributed by atoms with Gasteiger partial charge in [-0.05, 0) is 54.2 Å². The maximum atomic E-state index is 2.43. The zero-order valence-electron chi connectivity index (χ0n) is 13.5. The van der Waals surface area contributed by atoms with E-state index in [1.165, 1.54) is 48.8 Å². The molecule has 0 heterocycles. The largest absolute Gasteiger partial charge is 0.0808 e. The first-order valence-electron chi connectivity index (χ1n) is 8.69. The molecule has 0 amide bonds. The zero-order chi connectivity index (χ0) is 15.2. The molecular formula is C22H26. The second kappa shape index (κ2) is 7.45. The summed E-state index contributed by atoms with van der Waals surface area (Å²) in [7, 11) is 0. The van der Waals surface area contributed by atoms with Crippen molar-refractivity contribution in [2.24, 2.45) is 11.8 Å². The Hall–Kier alpha value is -1.82. The summed E-state index contributed by atoms with van der Waals surface area (Å²) in [4.78, 5) is 0. The first-order chi connectivity index (χ1) is 10.8. The lowest BCUT2D eigenvalue weighted by molar-refractivity contribution is 0.304. The van der Waals surface area contributed by atoms with Crippen LogP contribution in [-0.2, 0) is 0 Å². The highest BCUT2D eigenvalue weighted by atomic mass is 14.2. The van der Waals surface area contributed by atoms with Crippen LogP contribution in [0.15, 0.2) is 60.7 Å². The van der Waals surface area contributed by atoms with E-state index in [1.807, 2.05) is 0 Å². The molecule has 0 nitrogen and oxygen atoms in total. The van der Waals surface area contributed by atoms with Gasteiger partial charge in [-0.2, -0.15) is 0 Å². The summed E-state index contributed by atoms with van der Waals surface area (Å²) in [6, 6.07) is 19.5. The fraction of sp³-hybridized carbons (Fsp3) is 0.364. The van der Waals surface area contributed by atoms with Gasteiger partial charge in [0.15, 0.2) is 0 Å². The summed E-state index contributed by atoms with van der Waals surface area (Å²) >= 11 is 0. The molecular weight excluding hydrogens is 264 g/mol. The average Bonchev–Trinajstić information content (AvgIpc) is 2.61. The quantitative estimate of drug-likeness (QED) is 0.596. The monoisotopic (exact) mass is 290 g/mol. The molecule has 0 heteroatoms. The lowest BCUT2D eigenvalue weighted by atomic mass is 9.80. The van der Waals surface area contributed by atoms with Crippen molar-refractivity contribution in [2.45, 2.75) is 39.0 Å². The van der Waals surface area contributed by atoms with Gasteiger partial charge in [-0.25, -0.2) is 0 Å². The molecule has 0 unspecified atom stereocenters. The Kier molecular flexibility index (Phi) is 5.11. The van der Waals surface area contributed by atoms with E-state index in [0.29, 0.717) is 0 Å². The highest BCUT2D eigenvalue weighted by Gasteiger charge is 2.17. The van der Waals surface area contributed by atoms with Gasteiger partial charge >= 0.3 is 0 Å². The minimum Gasteiger partial charge on any atom is -0.0808 e. The van der Waals surface area contributed by atoms with Crippen molar-refractivity contribution in [3.8, 4) is 11.1 Å². The Morgan fingerprint density at radius 3 is 2.09 bits per heavy atom. The van der Waals surface area contributed by atoms with Gasteiger partial charge in [-0.3, -0.25) is 0 Å². The predicted molar refractivity (Wildman–Crippen MR) is 96.7 cm³/mol. The van der Waals surface area contributed by atoms with Gasteiger partial charge in [0.25, 0.3) is 0 Å². The second-order valence-electron chi connectivity index (χ2n) is 6.54. The maximum absolute atomic E-state index is 2.43. The van der Waals surface area contributed by atoms with Crippen molar-refractivity contribution in [3.05, 3.63) is 66.2 Å². The molecule has 0 atom stereocenters. The standard InChI is InChI=1S/C22H26/c1-2-18-8-10-19(11-9-18)12-13-20-14-16-22(17-15-20)21-6-4-3-5-7-21/h3-7,12-19H,2,8-11H2,1H3/t18-,19-. The number of benzene rings is 2. The molecule has 0 N–H and O–H groups in total. The molecule has 0 aliphatic heterocycles. The van der Waals surface area contributed by atoms with E-state index in [1.54, 1.807) is 0 Å². The molecule has 2 aromatic rings. The third-order valence-electron chi connectivity index (χ3n) is 5.05. The van der Waals surface area contributed by atoms with Crippen LogP contribution in [0.25, 0.3) is 17.2 Å². The summed E-state index contributed by atoms with van der Waals surface area (Å²) in [5.41, 5.74) is 3.90. The number of hydrogen-bond donors (Lipinski definition) is 0. The van der Waals surface area contributed by atoms with E-state index in [9.17, 15) is 0 Å². The molecule has 0 bridgehead atoms. The lowest BCUT2D eigenvalue weighted by Crippen LogP contribution is -2.11. The molecule has 0 aromatic heterocycles. The van der Waals surface area contributed by atoms with Crippen LogP contribution < -0.4 is 0 Å². The average molecular weight is 290 g/mol. The Morgan fingerprint density at radius 2 is 1.45 bits per heavy atom. The molecule has 1 aliphatic carbocycles. The number of rotatable bonds is 4. The Morgan fingerprint density at radius 1 is 0.818 bits per heavy atom. The van der Waals surface area contributed by atoms with Crippen LogP contribution in [-0.4, -0.2) is 0 Å². The van der Waals surface area contributed by atoms with Crippen LogP contribution in [0, 0.1) is 11.8 Å². The van der Waals surface area contributed by atoms with Gasteiger partial charge < -0.3 is 0 Å². The Balaban J connectivity index is 1.61. The zero-order valence-corrected chi connectivity index (χ0v) is 13.5. The van der Waals surface area contributed by atoms with E-state index in [0.717, 1.165) is 11.8 Å². The van der Waals surface area contributed by atoms with E-state index in [4.69, 9.17) is 0 Å². The predicted octanol–water partition coefficient (Wildman–Crippen LogP) is 6.58. The maximum Gasteiger partial charge on any atom is -0.0184 e. The molecule has 0 saturated heterocycles. The molecule has 3 rings (SSSR count). The number of hydrogen-bond acceptors (Lipinski definition) is 0. The third kappa shape index (κ3) is 3.88. The van der Waals surface area contributed by atoms with Crippen LogP contribution in [0.3, 0.4) is 0 Å². The van der Waals surface area contributed by atoms with Crippen LogP contribution in [0.1, 0.15) is 44.6 Å². The van der Waals surface area contributed by atoms with Crippen molar-refractivity contribution in [1.29, 1.82) is 0 Å². The minimum atomic E-state index is 0.789. The highest BCUT2D eigenvalue weighted by Crippen LogP contribution is 2.31. The van der Waals surface area contributed by atoms with E-state index < -0.39 is 0 Å². The van der Waals surface area contributed by atoms with E-state index in [2.05, 4.69) is 73.7 Å². The van der Waals surface area contributed by atoms with E-state index in [-0.39, 0.29) is 0 Å². The van der Waals surface area contributed by atoms with Gasteiger partial charge in [0.1, 0.15) is 0 Å². The second-order valence-corrected chi connectivity index (χ2v) is 6.54. The minimum absolute atomic E-state index is 0.789. The van der Waals surface area contributed by atoms with E-state index >= 15 is 0 Å². The highest BCUT2D eigenvalue weighted by molar-refractivity contribution is 5.65. The van der Waals surface area contributed by atoms with Crippen LogP contribution in [0.2, 0.25) is 0 Å². The van der Waals surface area contributed by atoms with Gasteiger partial charge in [-0.15, -0.1) is 0 Å². The summed E-state index contributed by atoms with van der Waals surface area (Å²) in [6.07, 6.45) is 11.7. The van der Waals surface area contributed by atoms with Gasteiger partial charge in [0.2, 0.25) is 0 Å². The molecule has 0 radical (unpaired) electrons. The molecule has 0 spiro atoms. The summed E-state index contributed by atoms with van der Waals surface area (Å²) in [6.45, 7) is 2.33. The van der Waals surface area contributed by atoms with Crippen LogP contribution >= 0.6 is 0 Å². The molecule has 1 fully saturated rings. The van der Waals surface area contributed by atoms with Gasteiger partial charge in [0.05, 0.1) is 0 Å². The Labute approximate surface area is 134 Å². The SMILES string of the molecule is CC[C@H]1CC[C@H](C=Cc2ccc(-c3ccccc3)cc2)CC1. The summed E-state index contributed by atoms with van der Waals surface area (Å²) in [5, 5.41) is 0. The third-order valence-corrected chi connectivity index (χ3v) is 5.05. The fourth-order valence-corrected chi connectivity index (χ4v) is 3.45. The first kappa shape index (κ1) is 15.1. The van der Waals surface area contributed by atoms with Gasteiger partial charge in [0, 0.05) is 0 Å². The molecule has 22 heavy (non-hydrogen) atoms. The van der Waals surface area contributed by atoms with Crippen molar-refractivity contribution < 1.29 is 0 Å². The summed E-state index contributed by atoms with van der Waals surface area (Å²) in [5.74, 6) is 1.77. The molecule has 2 aromatic carbocycles. The molecule has 1 saturated carbocycles. The molecule has 114 valence electrons. The number of allylic oxidation sites excluding steroid dienone is 1.